The molecule has 0 fully saturated rings. The van der Waals surface area contributed by atoms with Gasteiger partial charge in [-0.2, -0.15) is 0 Å². The maximum absolute atomic E-state index is 9.89. The molecule has 0 radical (unpaired) electrons. The highest BCUT2D eigenvalue weighted by atomic mass is 16.3. The van der Waals surface area contributed by atoms with Gasteiger partial charge in [0.25, 0.3) is 0 Å². The molecule has 0 aliphatic carbocycles. The van der Waals surface area contributed by atoms with Gasteiger partial charge >= 0.3 is 0 Å². The third kappa shape index (κ3) is 4.02. The minimum Gasteiger partial charge on any atom is -0.508 e. The Morgan fingerprint density at radius 1 is 1.35 bits per heavy atom. The van der Waals surface area contributed by atoms with E-state index in [1.165, 1.54) is 0 Å². The van der Waals surface area contributed by atoms with E-state index in [0.29, 0.717) is 5.75 Å². The molecule has 1 aromatic carbocycles. The van der Waals surface area contributed by atoms with E-state index >= 15 is 0 Å². The number of phenols is 1. The van der Waals surface area contributed by atoms with E-state index in [4.69, 9.17) is 5.11 Å². The van der Waals surface area contributed by atoms with Gasteiger partial charge in [0.1, 0.15) is 5.75 Å². The average Bonchev–Trinajstić information content (AvgIpc) is 2.28. The molecule has 17 heavy (non-hydrogen) atoms. The lowest BCUT2D eigenvalue weighted by Gasteiger charge is -2.22. The van der Waals surface area contributed by atoms with Crippen LogP contribution in [0.15, 0.2) is 18.2 Å². The first-order valence-electron chi connectivity index (χ1n) is 6.24. The quantitative estimate of drug-likeness (QED) is 0.712. The Labute approximate surface area is 103 Å². The van der Waals surface area contributed by atoms with E-state index in [-0.39, 0.29) is 18.7 Å². The Morgan fingerprint density at radius 3 is 2.59 bits per heavy atom. The Hall–Kier alpha value is -1.06. The van der Waals surface area contributed by atoms with E-state index in [1.54, 1.807) is 6.07 Å². The molecule has 2 unspecified atom stereocenters. The van der Waals surface area contributed by atoms with Crippen LogP contribution in [-0.2, 0) is 0 Å². The van der Waals surface area contributed by atoms with E-state index in [9.17, 15) is 5.11 Å². The van der Waals surface area contributed by atoms with Crippen LogP contribution in [0.3, 0.4) is 0 Å². The second kappa shape index (κ2) is 6.62. The first-order chi connectivity index (χ1) is 8.08. The molecule has 0 aliphatic heterocycles. The Morgan fingerprint density at radius 2 is 2.06 bits per heavy atom. The fourth-order valence-corrected chi connectivity index (χ4v) is 2.02. The topological polar surface area (TPSA) is 52.5 Å². The smallest absolute Gasteiger partial charge is 0.120 e. The van der Waals surface area contributed by atoms with Crippen molar-refractivity contribution in [3.05, 3.63) is 29.3 Å². The van der Waals surface area contributed by atoms with Crippen LogP contribution in [0.1, 0.15) is 43.9 Å². The zero-order valence-corrected chi connectivity index (χ0v) is 10.9. The van der Waals surface area contributed by atoms with Crippen LogP contribution in [-0.4, -0.2) is 22.9 Å². The van der Waals surface area contributed by atoms with Gasteiger partial charge in [0, 0.05) is 24.3 Å². The van der Waals surface area contributed by atoms with E-state index in [1.807, 2.05) is 26.0 Å². The van der Waals surface area contributed by atoms with Crippen LogP contribution in [0.5, 0.6) is 5.75 Å². The normalized spacial score (nSPS) is 14.6. The van der Waals surface area contributed by atoms with E-state index < -0.39 is 0 Å². The Kier molecular flexibility index (Phi) is 5.45. The van der Waals surface area contributed by atoms with Crippen LogP contribution in [0.4, 0.5) is 0 Å². The molecule has 1 aromatic rings. The van der Waals surface area contributed by atoms with Crippen molar-refractivity contribution in [1.82, 2.24) is 5.32 Å². The SMILES string of the molecule is CCC(CCO)NC(C)c1ccc(C)cc1O. The van der Waals surface area contributed by atoms with Crippen molar-refractivity contribution in [3.63, 3.8) is 0 Å². The lowest BCUT2D eigenvalue weighted by molar-refractivity contribution is 0.256. The Balaban J connectivity index is 2.71. The fourth-order valence-electron chi connectivity index (χ4n) is 2.02. The summed E-state index contributed by atoms with van der Waals surface area (Å²) in [5.41, 5.74) is 1.97. The van der Waals surface area contributed by atoms with E-state index in [2.05, 4.69) is 12.2 Å². The van der Waals surface area contributed by atoms with Crippen molar-refractivity contribution in [2.75, 3.05) is 6.61 Å². The molecular weight excluding hydrogens is 214 g/mol. The lowest BCUT2D eigenvalue weighted by atomic mass is 10.0. The summed E-state index contributed by atoms with van der Waals surface area (Å²) in [6.07, 6.45) is 1.71. The minimum atomic E-state index is 0.0899. The van der Waals surface area contributed by atoms with Gasteiger partial charge < -0.3 is 15.5 Å². The van der Waals surface area contributed by atoms with Crippen LogP contribution in [0.25, 0.3) is 0 Å². The number of aliphatic hydroxyl groups excluding tert-OH is 1. The number of nitrogens with one attached hydrogen (secondary N) is 1. The van der Waals surface area contributed by atoms with Crippen molar-refractivity contribution in [3.8, 4) is 5.75 Å². The van der Waals surface area contributed by atoms with Gasteiger partial charge in [-0.3, -0.25) is 0 Å². The van der Waals surface area contributed by atoms with E-state index in [0.717, 1.165) is 24.0 Å². The number of phenolic OH excluding ortho intramolecular Hbond substituents is 1. The highest BCUT2D eigenvalue weighted by molar-refractivity contribution is 5.37. The molecule has 0 aromatic heterocycles. The molecule has 0 bridgehead atoms. The standard InChI is InChI=1S/C14H23NO2/c1-4-12(7-8-16)15-11(3)13-6-5-10(2)9-14(13)17/h5-6,9,11-12,15-17H,4,7-8H2,1-3H3. The van der Waals surface area contributed by atoms with Gasteiger partial charge in [0.05, 0.1) is 0 Å². The Bertz CT molecular complexity index is 352. The molecule has 96 valence electrons. The monoisotopic (exact) mass is 237 g/mol. The molecule has 0 heterocycles. The summed E-state index contributed by atoms with van der Waals surface area (Å²) in [7, 11) is 0. The largest absolute Gasteiger partial charge is 0.508 e. The van der Waals surface area contributed by atoms with Crippen molar-refractivity contribution in [2.24, 2.45) is 0 Å². The first kappa shape index (κ1) is 14.0. The molecule has 0 spiro atoms. The van der Waals surface area contributed by atoms with Crippen LogP contribution in [0, 0.1) is 6.92 Å². The van der Waals surface area contributed by atoms with Crippen molar-refractivity contribution in [2.45, 2.75) is 45.7 Å². The molecule has 0 saturated carbocycles. The van der Waals surface area contributed by atoms with Gasteiger partial charge in [0.15, 0.2) is 0 Å². The number of aromatic hydroxyl groups is 1. The molecule has 3 N–H and O–H groups in total. The molecular formula is C14H23NO2. The predicted molar refractivity (Wildman–Crippen MR) is 70.2 cm³/mol. The molecule has 2 atom stereocenters. The summed E-state index contributed by atoms with van der Waals surface area (Å²) >= 11 is 0. The van der Waals surface area contributed by atoms with Crippen molar-refractivity contribution < 1.29 is 10.2 Å². The maximum atomic E-state index is 9.89. The average molecular weight is 237 g/mol. The lowest BCUT2D eigenvalue weighted by Crippen LogP contribution is -2.31. The number of hydrogen-bond acceptors (Lipinski definition) is 3. The highest BCUT2D eigenvalue weighted by Gasteiger charge is 2.14. The summed E-state index contributed by atoms with van der Waals surface area (Å²) in [5, 5.41) is 22.3. The first-order valence-corrected chi connectivity index (χ1v) is 6.24. The van der Waals surface area contributed by atoms with Gasteiger partial charge in [-0.25, -0.2) is 0 Å². The molecule has 1 rings (SSSR count). The molecule has 3 nitrogen and oxygen atoms in total. The minimum absolute atomic E-state index is 0.0899. The molecule has 0 aliphatic rings. The summed E-state index contributed by atoms with van der Waals surface area (Å²) in [4.78, 5) is 0. The number of rotatable bonds is 6. The number of aryl methyl sites for hydroxylation is 1. The summed E-state index contributed by atoms with van der Waals surface area (Å²) in [6, 6.07) is 6.11. The summed E-state index contributed by atoms with van der Waals surface area (Å²) < 4.78 is 0. The highest BCUT2D eigenvalue weighted by Crippen LogP contribution is 2.25. The zero-order chi connectivity index (χ0) is 12.8. The van der Waals surface area contributed by atoms with Gasteiger partial charge in [-0.15, -0.1) is 0 Å². The molecule has 3 heteroatoms. The summed E-state index contributed by atoms with van der Waals surface area (Å²) in [5.74, 6) is 0.337. The van der Waals surface area contributed by atoms with Crippen LogP contribution in [0.2, 0.25) is 0 Å². The van der Waals surface area contributed by atoms with Gasteiger partial charge in [-0.05, 0) is 38.3 Å². The maximum Gasteiger partial charge on any atom is 0.120 e. The third-order valence-corrected chi connectivity index (χ3v) is 3.11. The zero-order valence-electron chi connectivity index (χ0n) is 10.9. The number of aliphatic hydroxyl groups is 1. The predicted octanol–water partition coefficient (Wildman–Crippen LogP) is 2.51. The second-order valence-corrected chi connectivity index (χ2v) is 4.57. The van der Waals surface area contributed by atoms with Gasteiger partial charge in [0.2, 0.25) is 0 Å². The van der Waals surface area contributed by atoms with Crippen LogP contribution >= 0.6 is 0 Å². The number of benzene rings is 1. The van der Waals surface area contributed by atoms with Crippen LogP contribution < -0.4 is 5.32 Å². The van der Waals surface area contributed by atoms with Crippen molar-refractivity contribution >= 4 is 0 Å². The number of hydrogen-bond donors (Lipinski definition) is 3. The molecule has 0 amide bonds. The fraction of sp³-hybridized carbons (Fsp3) is 0.571. The van der Waals surface area contributed by atoms with Gasteiger partial charge in [-0.1, -0.05) is 19.1 Å². The third-order valence-electron chi connectivity index (χ3n) is 3.11. The van der Waals surface area contributed by atoms with Crippen molar-refractivity contribution in [1.29, 1.82) is 0 Å². The second-order valence-electron chi connectivity index (χ2n) is 4.57. The molecule has 0 saturated heterocycles. The summed E-state index contributed by atoms with van der Waals surface area (Å²) in [6.45, 7) is 6.28.